The van der Waals surface area contributed by atoms with Crippen LogP contribution < -0.4 is 9.47 Å². The number of ether oxygens (including phenoxy) is 2. The Kier molecular flexibility index (Phi) is 13.2. The van der Waals surface area contributed by atoms with Crippen LogP contribution in [0.1, 0.15) is 91.4 Å². The number of benzene rings is 2. The number of nitrogens with zero attached hydrogens (tertiary/aromatic N) is 2. The van der Waals surface area contributed by atoms with E-state index < -0.39 is 17.8 Å². The minimum absolute atomic E-state index is 0.0541. The molecular formula is C34H44F2N2O3. The average molecular weight is 567 g/mol. The number of rotatable bonds is 18. The van der Waals surface area contributed by atoms with E-state index in [0.29, 0.717) is 30.2 Å². The fraction of sp³-hybridized carbons (Fsp3) is 0.500. The van der Waals surface area contributed by atoms with E-state index in [-0.39, 0.29) is 13.0 Å². The summed E-state index contributed by atoms with van der Waals surface area (Å²) in [5.74, 6) is 0.603. The molecule has 222 valence electrons. The second-order valence-electron chi connectivity index (χ2n) is 10.9. The van der Waals surface area contributed by atoms with Gasteiger partial charge in [0.05, 0.1) is 0 Å². The summed E-state index contributed by atoms with van der Waals surface area (Å²) in [6.45, 7) is 5.61. The number of hydrogen-bond donors (Lipinski definition) is 0. The molecule has 0 N–H and O–H groups in total. The van der Waals surface area contributed by atoms with Crippen molar-refractivity contribution in [2.24, 2.45) is 0 Å². The van der Waals surface area contributed by atoms with E-state index in [1.54, 1.807) is 48.8 Å². The molecule has 1 aromatic heterocycles. The molecule has 0 aliphatic heterocycles. The fourth-order valence-electron chi connectivity index (χ4n) is 4.48. The Bertz CT molecular complexity index is 1170. The third-order valence-electron chi connectivity index (χ3n) is 7.14. The van der Waals surface area contributed by atoms with Gasteiger partial charge in [0, 0.05) is 23.5 Å². The summed E-state index contributed by atoms with van der Waals surface area (Å²) < 4.78 is 39.8. The fourth-order valence-corrected chi connectivity index (χ4v) is 4.48. The topological polar surface area (TPSA) is 61.3 Å². The summed E-state index contributed by atoms with van der Waals surface area (Å²) in [6, 6.07) is 14.2. The van der Waals surface area contributed by atoms with Crippen LogP contribution in [0.3, 0.4) is 0 Å². The standard InChI is InChI=1S/C34H44F2N2O3/c1-4-6-8-9-10-12-22-34(3,36)33(39)41-31-20-14-26(15-21-31)28-23-37-32(38-24-28)27-16-18-30(19-17-27)40-25-29(35)13-11-7-5-2/h14-21,23-24,29H,4-13,22,25H2,1-3H3/t29-,34+/m1/s1. The van der Waals surface area contributed by atoms with Crippen LogP contribution in [0.25, 0.3) is 22.5 Å². The van der Waals surface area contributed by atoms with Crippen LogP contribution in [-0.4, -0.2) is 34.4 Å². The monoisotopic (exact) mass is 566 g/mol. The van der Waals surface area contributed by atoms with Crippen molar-refractivity contribution < 1.29 is 23.0 Å². The lowest BCUT2D eigenvalue weighted by Gasteiger charge is -2.18. The lowest BCUT2D eigenvalue weighted by atomic mass is 9.99. The van der Waals surface area contributed by atoms with Crippen LogP contribution in [0.5, 0.6) is 11.5 Å². The van der Waals surface area contributed by atoms with Crippen molar-refractivity contribution in [1.29, 1.82) is 0 Å². The van der Waals surface area contributed by atoms with E-state index >= 15 is 0 Å². The summed E-state index contributed by atoms with van der Waals surface area (Å²) in [4.78, 5) is 21.4. The van der Waals surface area contributed by atoms with Crippen molar-refractivity contribution >= 4 is 5.97 Å². The van der Waals surface area contributed by atoms with Gasteiger partial charge in [0.15, 0.2) is 5.82 Å². The van der Waals surface area contributed by atoms with Crippen LogP contribution in [0.2, 0.25) is 0 Å². The summed E-state index contributed by atoms with van der Waals surface area (Å²) in [7, 11) is 0. The molecule has 2 atom stereocenters. The normalized spacial score (nSPS) is 13.4. The number of hydrogen-bond acceptors (Lipinski definition) is 5. The smallest absolute Gasteiger partial charge is 0.348 e. The molecule has 0 bridgehead atoms. The Labute approximate surface area is 243 Å². The molecule has 0 amide bonds. The van der Waals surface area contributed by atoms with Gasteiger partial charge in [-0.2, -0.15) is 0 Å². The summed E-state index contributed by atoms with van der Waals surface area (Å²) in [5, 5.41) is 0. The highest BCUT2D eigenvalue weighted by molar-refractivity contribution is 5.81. The van der Waals surface area contributed by atoms with Gasteiger partial charge in [0.25, 0.3) is 0 Å². The highest BCUT2D eigenvalue weighted by Gasteiger charge is 2.34. The first-order chi connectivity index (χ1) is 19.8. The maximum atomic E-state index is 14.9. The number of carbonyl (C=O) groups excluding carboxylic acids is 1. The second-order valence-corrected chi connectivity index (χ2v) is 10.9. The molecule has 41 heavy (non-hydrogen) atoms. The van der Waals surface area contributed by atoms with Gasteiger partial charge in [-0.15, -0.1) is 0 Å². The molecule has 0 fully saturated rings. The highest BCUT2D eigenvalue weighted by Crippen LogP contribution is 2.27. The molecular weight excluding hydrogens is 522 g/mol. The van der Waals surface area contributed by atoms with E-state index in [0.717, 1.165) is 55.2 Å². The summed E-state index contributed by atoms with van der Waals surface area (Å²) in [6.07, 6.45) is 12.3. The van der Waals surface area contributed by atoms with Crippen LogP contribution in [-0.2, 0) is 4.79 Å². The molecule has 0 unspecified atom stereocenters. The number of halogens is 2. The van der Waals surface area contributed by atoms with Gasteiger partial charge in [-0.05, 0) is 68.1 Å². The molecule has 3 aromatic rings. The Hall–Kier alpha value is -3.35. The van der Waals surface area contributed by atoms with Crippen molar-refractivity contribution in [3.8, 4) is 34.0 Å². The first-order valence-electron chi connectivity index (χ1n) is 15.0. The van der Waals surface area contributed by atoms with Crippen molar-refractivity contribution in [1.82, 2.24) is 9.97 Å². The van der Waals surface area contributed by atoms with E-state index in [4.69, 9.17) is 9.47 Å². The molecule has 3 rings (SSSR count). The van der Waals surface area contributed by atoms with Gasteiger partial charge in [-0.25, -0.2) is 23.5 Å². The van der Waals surface area contributed by atoms with Crippen molar-refractivity contribution in [3.05, 3.63) is 60.9 Å². The Morgan fingerprint density at radius 1 is 0.780 bits per heavy atom. The van der Waals surface area contributed by atoms with E-state index in [1.807, 2.05) is 12.1 Å². The number of carbonyl (C=O) groups is 1. The Morgan fingerprint density at radius 3 is 2.00 bits per heavy atom. The number of aromatic nitrogens is 2. The van der Waals surface area contributed by atoms with E-state index in [2.05, 4.69) is 23.8 Å². The molecule has 0 saturated heterocycles. The SMILES string of the molecule is CCCCCCCC[C@](C)(F)C(=O)Oc1ccc(-c2cnc(-c3ccc(OC[C@H](F)CCCCC)cc3)nc2)cc1. The minimum atomic E-state index is -2.01. The molecule has 0 radical (unpaired) electrons. The quantitative estimate of drug-likeness (QED) is 0.0872. The van der Waals surface area contributed by atoms with Crippen molar-refractivity contribution in [2.45, 2.75) is 103 Å². The lowest BCUT2D eigenvalue weighted by molar-refractivity contribution is -0.147. The minimum Gasteiger partial charge on any atom is -0.491 e. The second kappa shape index (κ2) is 16.8. The van der Waals surface area contributed by atoms with E-state index in [9.17, 15) is 13.6 Å². The van der Waals surface area contributed by atoms with Crippen LogP contribution >= 0.6 is 0 Å². The molecule has 0 aliphatic carbocycles. The number of esters is 1. The number of alkyl halides is 2. The van der Waals surface area contributed by atoms with Gasteiger partial charge in [-0.1, -0.05) is 77.3 Å². The highest BCUT2D eigenvalue weighted by atomic mass is 19.1. The predicted molar refractivity (Wildman–Crippen MR) is 161 cm³/mol. The van der Waals surface area contributed by atoms with Gasteiger partial charge in [0.2, 0.25) is 5.67 Å². The molecule has 2 aromatic carbocycles. The molecule has 0 aliphatic rings. The zero-order valence-electron chi connectivity index (χ0n) is 24.7. The third-order valence-corrected chi connectivity index (χ3v) is 7.14. The third kappa shape index (κ3) is 10.9. The summed E-state index contributed by atoms with van der Waals surface area (Å²) >= 11 is 0. The maximum Gasteiger partial charge on any atom is 0.348 e. The first-order valence-corrected chi connectivity index (χ1v) is 15.0. The zero-order chi connectivity index (χ0) is 29.5. The lowest BCUT2D eigenvalue weighted by Crippen LogP contribution is -2.34. The first kappa shape index (κ1) is 32.2. The Balaban J connectivity index is 1.49. The van der Waals surface area contributed by atoms with E-state index in [1.165, 1.54) is 19.8 Å². The van der Waals surface area contributed by atoms with Crippen molar-refractivity contribution in [2.75, 3.05) is 6.61 Å². The maximum absolute atomic E-state index is 14.9. The summed E-state index contributed by atoms with van der Waals surface area (Å²) in [5.41, 5.74) is 0.444. The van der Waals surface area contributed by atoms with Crippen LogP contribution in [0, 0.1) is 0 Å². The van der Waals surface area contributed by atoms with Crippen molar-refractivity contribution in [3.63, 3.8) is 0 Å². The molecule has 0 spiro atoms. The Morgan fingerprint density at radius 2 is 1.34 bits per heavy atom. The number of unbranched alkanes of at least 4 members (excludes halogenated alkanes) is 7. The van der Waals surface area contributed by atoms with Gasteiger partial charge in [-0.3, -0.25) is 0 Å². The van der Waals surface area contributed by atoms with Crippen LogP contribution in [0.15, 0.2) is 60.9 Å². The largest absolute Gasteiger partial charge is 0.491 e. The molecule has 5 nitrogen and oxygen atoms in total. The molecule has 0 saturated carbocycles. The average Bonchev–Trinajstić information content (AvgIpc) is 2.99. The van der Waals surface area contributed by atoms with Gasteiger partial charge in [0.1, 0.15) is 24.3 Å². The van der Waals surface area contributed by atoms with Crippen LogP contribution in [0.4, 0.5) is 8.78 Å². The molecule has 7 heteroatoms. The zero-order valence-corrected chi connectivity index (χ0v) is 24.7. The van der Waals surface area contributed by atoms with Gasteiger partial charge >= 0.3 is 5.97 Å². The predicted octanol–water partition coefficient (Wildman–Crippen LogP) is 9.49. The van der Waals surface area contributed by atoms with Gasteiger partial charge < -0.3 is 9.47 Å². The molecule has 1 heterocycles.